The number of aryl methyl sites for hydroxylation is 1. The quantitative estimate of drug-likeness (QED) is 0.820. The highest BCUT2D eigenvalue weighted by Crippen LogP contribution is 2.30. The Morgan fingerprint density at radius 3 is 2.50 bits per heavy atom. The third-order valence-electron chi connectivity index (χ3n) is 3.78. The number of rotatable bonds is 4. The molecule has 1 aromatic rings. The molecular weight excluding hydrogens is 222 g/mol. The molecule has 0 unspecified atom stereocenters. The summed E-state index contributed by atoms with van der Waals surface area (Å²) in [5.41, 5.74) is 1.19. The number of hydrogen-bond acceptors (Lipinski definition) is 3. The standard InChI is InChI=1S/C15H25N3/c1-3-8-13-11-14(16-2)18-15(17-13)12-9-6-4-5-7-10-12/h11-12H,3-10H2,1-2H3,(H,16,17,18). The number of aromatic nitrogens is 2. The van der Waals surface area contributed by atoms with Crippen LogP contribution in [0.1, 0.15) is 69.3 Å². The van der Waals surface area contributed by atoms with Crippen LogP contribution in [0.3, 0.4) is 0 Å². The average molecular weight is 247 g/mol. The van der Waals surface area contributed by atoms with Crippen LogP contribution in [0.5, 0.6) is 0 Å². The first kappa shape index (κ1) is 13.3. The van der Waals surface area contributed by atoms with Crippen LogP contribution >= 0.6 is 0 Å². The molecule has 3 nitrogen and oxygen atoms in total. The first-order chi connectivity index (χ1) is 8.83. The van der Waals surface area contributed by atoms with Crippen molar-refractivity contribution in [3.05, 3.63) is 17.6 Å². The smallest absolute Gasteiger partial charge is 0.134 e. The van der Waals surface area contributed by atoms with Crippen molar-refractivity contribution in [3.8, 4) is 0 Å². The minimum absolute atomic E-state index is 0.580. The van der Waals surface area contributed by atoms with E-state index in [-0.39, 0.29) is 0 Å². The molecule has 1 fully saturated rings. The molecule has 2 rings (SSSR count). The summed E-state index contributed by atoms with van der Waals surface area (Å²) >= 11 is 0. The molecule has 100 valence electrons. The molecule has 1 N–H and O–H groups in total. The Hall–Kier alpha value is -1.12. The molecule has 0 spiro atoms. The highest BCUT2D eigenvalue weighted by molar-refractivity contribution is 5.35. The Bertz CT molecular complexity index is 368. The molecule has 0 aromatic carbocycles. The lowest BCUT2D eigenvalue weighted by Crippen LogP contribution is -2.08. The predicted molar refractivity (Wildman–Crippen MR) is 76.0 cm³/mol. The van der Waals surface area contributed by atoms with E-state index in [4.69, 9.17) is 4.98 Å². The average Bonchev–Trinajstić information content (AvgIpc) is 2.67. The molecule has 1 saturated carbocycles. The SMILES string of the molecule is CCCc1cc(NC)nc(C2CCCCCC2)n1. The van der Waals surface area contributed by atoms with Crippen LogP contribution < -0.4 is 5.32 Å². The summed E-state index contributed by atoms with van der Waals surface area (Å²) < 4.78 is 0. The Balaban J connectivity index is 2.21. The summed E-state index contributed by atoms with van der Waals surface area (Å²) in [4.78, 5) is 9.46. The molecule has 0 amide bonds. The largest absolute Gasteiger partial charge is 0.373 e. The van der Waals surface area contributed by atoms with Gasteiger partial charge in [0.05, 0.1) is 0 Å². The minimum Gasteiger partial charge on any atom is -0.373 e. The van der Waals surface area contributed by atoms with Crippen LogP contribution in [0.15, 0.2) is 6.07 Å². The molecule has 1 heterocycles. The van der Waals surface area contributed by atoms with Crippen molar-refractivity contribution in [3.63, 3.8) is 0 Å². The van der Waals surface area contributed by atoms with Crippen molar-refractivity contribution in [2.45, 2.75) is 64.2 Å². The predicted octanol–water partition coefficient (Wildman–Crippen LogP) is 3.91. The van der Waals surface area contributed by atoms with Gasteiger partial charge in [0.1, 0.15) is 11.6 Å². The molecule has 0 saturated heterocycles. The maximum Gasteiger partial charge on any atom is 0.134 e. The van der Waals surface area contributed by atoms with Crippen molar-refractivity contribution in [1.82, 2.24) is 9.97 Å². The number of anilines is 1. The van der Waals surface area contributed by atoms with Gasteiger partial charge in [0.15, 0.2) is 0 Å². The van der Waals surface area contributed by atoms with E-state index in [0.717, 1.165) is 24.5 Å². The third-order valence-corrected chi connectivity index (χ3v) is 3.78. The molecule has 0 bridgehead atoms. The van der Waals surface area contributed by atoms with Crippen LogP contribution in [0.4, 0.5) is 5.82 Å². The second kappa shape index (κ2) is 6.72. The Morgan fingerprint density at radius 2 is 1.89 bits per heavy atom. The molecule has 0 aliphatic heterocycles. The normalized spacial score (nSPS) is 17.4. The van der Waals surface area contributed by atoms with Gasteiger partial charge < -0.3 is 5.32 Å². The number of nitrogens with one attached hydrogen (secondary N) is 1. The maximum absolute atomic E-state index is 4.79. The topological polar surface area (TPSA) is 37.8 Å². The van der Waals surface area contributed by atoms with E-state index in [9.17, 15) is 0 Å². The summed E-state index contributed by atoms with van der Waals surface area (Å²) in [5, 5.41) is 3.17. The first-order valence-electron chi connectivity index (χ1n) is 7.39. The van der Waals surface area contributed by atoms with Gasteiger partial charge in [-0.2, -0.15) is 0 Å². The molecule has 1 aliphatic carbocycles. The fourth-order valence-electron chi connectivity index (χ4n) is 2.75. The molecule has 18 heavy (non-hydrogen) atoms. The van der Waals surface area contributed by atoms with E-state index in [1.807, 2.05) is 7.05 Å². The van der Waals surface area contributed by atoms with Crippen molar-refractivity contribution in [1.29, 1.82) is 0 Å². The Kier molecular flexibility index (Phi) is 4.97. The van der Waals surface area contributed by atoms with Gasteiger partial charge in [0, 0.05) is 24.7 Å². The van der Waals surface area contributed by atoms with Crippen LogP contribution in [-0.2, 0) is 6.42 Å². The molecular formula is C15H25N3. The summed E-state index contributed by atoms with van der Waals surface area (Å²) in [5.74, 6) is 2.64. The zero-order valence-corrected chi connectivity index (χ0v) is 11.7. The molecule has 0 radical (unpaired) electrons. The van der Waals surface area contributed by atoms with Gasteiger partial charge in [-0.3, -0.25) is 0 Å². The summed E-state index contributed by atoms with van der Waals surface area (Å²) in [6, 6.07) is 2.09. The summed E-state index contributed by atoms with van der Waals surface area (Å²) in [6.07, 6.45) is 10.1. The Labute approximate surface area is 110 Å². The summed E-state index contributed by atoms with van der Waals surface area (Å²) in [7, 11) is 1.94. The van der Waals surface area contributed by atoms with Crippen LogP contribution in [0.25, 0.3) is 0 Å². The highest BCUT2D eigenvalue weighted by Gasteiger charge is 2.18. The number of hydrogen-bond donors (Lipinski definition) is 1. The van der Waals surface area contributed by atoms with Crippen molar-refractivity contribution in [2.24, 2.45) is 0 Å². The lowest BCUT2D eigenvalue weighted by atomic mass is 9.99. The molecule has 1 aromatic heterocycles. The molecule has 3 heteroatoms. The number of nitrogens with zero attached hydrogens (tertiary/aromatic N) is 2. The van der Waals surface area contributed by atoms with Gasteiger partial charge in [0.25, 0.3) is 0 Å². The van der Waals surface area contributed by atoms with E-state index in [1.54, 1.807) is 0 Å². The second-order valence-electron chi connectivity index (χ2n) is 5.29. The minimum atomic E-state index is 0.580. The fraction of sp³-hybridized carbons (Fsp3) is 0.733. The van der Waals surface area contributed by atoms with Gasteiger partial charge in [-0.15, -0.1) is 0 Å². The van der Waals surface area contributed by atoms with Crippen molar-refractivity contribution < 1.29 is 0 Å². The maximum atomic E-state index is 4.79. The fourth-order valence-corrected chi connectivity index (χ4v) is 2.75. The van der Waals surface area contributed by atoms with Crippen LogP contribution in [0, 0.1) is 0 Å². The van der Waals surface area contributed by atoms with E-state index >= 15 is 0 Å². The van der Waals surface area contributed by atoms with Crippen molar-refractivity contribution in [2.75, 3.05) is 12.4 Å². The summed E-state index contributed by atoms with van der Waals surface area (Å²) in [6.45, 7) is 2.20. The lowest BCUT2D eigenvalue weighted by molar-refractivity contribution is 0.557. The Morgan fingerprint density at radius 1 is 1.17 bits per heavy atom. The zero-order valence-electron chi connectivity index (χ0n) is 11.7. The van der Waals surface area contributed by atoms with Gasteiger partial charge in [-0.05, 0) is 19.3 Å². The van der Waals surface area contributed by atoms with Gasteiger partial charge >= 0.3 is 0 Å². The highest BCUT2D eigenvalue weighted by atomic mass is 15.0. The van der Waals surface area contributed by atoms with E-state index in [2.05, 4.69) is 23.3 Å². The zero-order chi connectivity index (χ0) is 12.8. The van der Waals surface area contributed by atoms with Gasteiger partial charge in [0.2, 0.25) is 0 Å². The molecule has 0 atom stereocenters. The van der Waals surface area contributed by atoms with Gasteiger partial charge in [-0.25, -0.2) is 9.97 Å². The first-order valence-corrected chi connectivity index (χ1v) is 7.39. The van der Waals surface area contributed by atoms with E-state index < -0.39 is 0 Å². The third kappa shape index (κ3) is 3.44. The lowest BCUT2D eigenvalue weighted by Gasteiger charge is -2.15. The second-order valence-corrected chi connectivity index (χ2v) is 5.29. The van der Waals surface area contributed by atoms with Gasteiger partial charge in [-0.1, -0.05) is 39.0 Å². The van der Waals surface area contributed by atoms with E-state index in [0.29, 0.717) is 5.92 Å². The van der Waals surface area contributed by atoms with Crippen LogP contribution in [-0.4, -0.2) is 17.0 Å². The van der Waals surface area contributed by atoms with E-state index in [1.165, 1.54) is 44.2 Å². The molecule has 1 aliphatic rings. The monoisotopic (exact) mass is 247 g/mol. The van der Waals surface area contributed by atoms with Crippen LogP contribution in [0.2, 0.25) is 0 Å². The van der Waals surface area contributed by atoms with Crippen molar-refractivity contribution >= 4 is 5.82 Å².